The molecule has 1 atom stereocenters. The number of nitrogens with two attached hydrogens (primary N) is 1. The molecular formula is C13H25N5O. The molecule has 1 amide bonds. The Labute approximate surface area is 114 Å². The molecule has 0 aliphatic heterocycles. The summed E-state index contributed by atoms with van der Waals surface area (Å²) in [5.41, 5.74) is 13.3. The molecule has 6 heteroatoms. The first kappa shape index (κ1) is 15.8. The normalized spacial score (nSPS) is 17.8. The fourth-order valence-corrected chi connectivity index (χ4v) is 2.45. The summed E-state index contributed by atoms with van der Waals surface area (Å²) >= 11 is 0. The summed E-state index contributed by atoms with van der Waals surface area (Å²) in [4.78, 5) is 14.6. The summed E-state index contributed by atoms with van der Waals surface area (Å²) in [6.07, 6.45) is 4.66. The van der Waals surface area contributed by atoms with E-state index in [1.165, 1.54) is 0 Å². The number of primary amides is 1. The van der Waals surface area contributed by atoms with Crippen LogP contribution in [0, 0.1) is 11.8 Å². The first-order valence-corrected chi connectivity index (χ1v) is 7.08. The van der Waals surface area contributed by atoms with E-state index in [9.17, 15) is 4.79 Å². The molecule has 0 aromatic carbocycles. The van der Waals surface area contributed by atoms with Crippen molar-refractivity contribution in [3.63, 3.8) is 0 Å². The van der Waals surface area contributed by atoms with Crippen LogP contribution in [0.4, 0.5) is 0 Å². The topological polar surface area (TPSA) is 104 Å². The lowest BCUT2D eigenvalue weighted by Crippen LogP contribution is -2.57. The van der Waals surface area contributed by atoms with Gasteiger partial charge in [0.2, 0.25) is 5.91 Å². The standard InChI is InChI=1S/C13H25N5O/c1-10(2)6-7-13(12(14)19,11-4-5-11)16-8-3-9-17-18-15/h10-11,16H,3-9H2,1-2H3,(H2,14,19). The smallest absolute Gasteiger partial charge is 0.238 e. The fraction of sp³-hybridized carbons (Fsp3) is 0.923. The lowest BCUT2D eigenvalue weighted by atomic mass is 9.84. The van der Waals surface area contributed by atoms with Gasteiger partial charge in [0.1, 0.15) is 5.54 Å². The number of hydrogen-bond donors (Lipinski definition) is 2. The molecule has 0 saturated heterocycles. The fourth-order valence-electron chi connectivity index (χ4n) is 2.45. The van der Waals surface area contributed by atoms with Gasteiger partial charge in [0.25, 0.3) is 0 Å². The van der Waals surface area contributed by atoms with Gasteiger partial charge in [-0.05, 0) is 56.0 Å². The highest BCUT2D eigenvalue weighted by molar-refractivity contribution is 5.85. The van der Waals surface area contributed by atoms with Crippen LogP contribution in [0.1, 0.15) is 46.0 Å². The maximum atomic E-state index is 11.9. The van der Waals surface area contributed by atoms with Crippen LogP contribution in [0.15, 0.2) is 5.11 Å². The summed E-state index contributed by atoms with van der Waals surface area (Å²) in [6.45, 7) is 5.42. The van der Waals surface area contributed by atoms with Crippen LogP contribution in [-0.2, 0) is 4.79 Å². The van der Waals surface area contributed by atoms with E-state index in [-0.39, 0.29) is 5.91 Å². The summed E-state index contributed by atoms with van der Waals surface area (Å²) in [5, 5.41) is 6.85. The van der Waals surface area contributed by atoms with Crippen LogP contribution < -0.4 is 11.1 Å². The lowest BCUT2D eigenvalue weighted by Gasteiger charge is -2.33. The minimum atomic E-state index is -0.555. The van der Waals surface area contributed by atoms with Crippen molar-refractivity contribution in [3.8, 4) is 0 Å². The zero-order chi connectivity index (χ0) is 14.3. The van der Waals surface area contributed by atoms with Crippen molar-refractivity contribution >= 4 is 5.91 Å². The van der Waals surface area contributed by atoms with Gasteiger partial charge >= 0.3 is 0 Å². The van der Waals surface area contributed by atoms with Gasteiger partial charge in [-0.3, -0.25) is 4.79 Å². The highest BCUT2D eigenvalue weighted by Gasteiger charge is 2.48. The lowest BCUT2D eigenvalue weighted by molar-refractivity contribution is -0.125. The molecule has 0 aromatic heterocycles. The maximum Gasteiger partial charge on any atom is 0.238 e. The molecule has 1 fully saturated rings. The van der Waals surface area contributed by atoms with E-state index in [0.29, 0.717) is 24.9 Å². The number of nitrogens with zero attached hydrogens (tertiary/aromatic N) is 3. The Morgan fingerprint density at radius 3 is 2.74 bits per heavy atom. The predicted octanol–water partition coefficient (Wildman–Crippen LogP) is 2.35. The van der Waals surface area contributed by atoms with Crippen molar-refractivity contribution in [3.05, 3.63) is 10.4 Å². The summed E-state index contributed by atoms with van der Waals surface area (Å²) in [7, 11) is 0. The van der Waals surface area contributed by atoms with E-state index in [4.69, 9.17) is 11.3 Å². The Morgan fingerprint density at radius 2 is 2.26 bits per heavy atom. The van der Waals surface area contributed by atoms with Gasteiger partial charge in [0.15, 0.2) is 0 Å². The molecular weight excluding hydrogens is 242 g/mol. The third-order valence-corrected chi connectivity index (χ3v) is 3.77. The van der Waals surface area contributed by atoms with Gasteiger partial charge in [-0.15, -0.1) is 0 Å². The molecule has 0 bridgehead atoms. The van der Waals surface area contributed by atoms with Crippen molar-refractivity contribution in [1.29, 1.82) is 0 Å². The number of hydrogen-bond acceptors (Lipinski definition) is 3. The van der Waals surface area contributed by atoms with Crippen molar-refractivity contribution in [2.75, 3.05) is 13.1 Å². The number of amides is 1. The summed E-state index contributed by atoms with van der Waals surface area (Å²) < 4.78 is 0. The maximum absolute atomic E-state index is 11.9. The van der Waals surface area contributed by atoms with Gasteiger partial charge in [-0.2, -0.15) is 0 Å². The molecule has 1 unspecified atom stereocenters. The van der Waals surface area contributed by atoms with E-state index < -0.39 is 5.54 Å². The second-order valence-electron chi connectivity index (χ2n) is 5.78. The Kier molecular flexibility index (Phi) is 6.12. The van der Waals surface area contributed by atoms with Gasteiger partial charge in [0.05, 0.1) is 0 Å². The Hall–Kier alpha value is -1.26. The number of rotatable bonds is 10. The SMILES string of the molecule is CC(C)CCC(NCCCN=[N+]=[N-])(C(N)=O)C1CC1. The van der Waals surface area contributed by atoms with Crippen LogP contribution in [0.2, 0.25) is 0 Å². The zero-order valence-corrected chi connectivity index (χ0v) is 11.9. The largest absolute Gasteiger partial charge is 0.368 e. The zero-order valence-electron chi connectivity index (χ0n) is 11.9. The minimum Gasteiger partial charge on any atom is -0.368 e. The summed E-state index contributed by atoms with van der Waals surface area (Å²) in [6, 6.07) is 0. The Balaban J connectivity index is 2.56. The average Bonchev–Trinajstić information content (AvgIpc) is 3.16. The van der Waals surface area contributed by atoms with Crippen LogP contribution in [-0.4, -0.2) is 24.5 Å². The monoisotopic (exact) mass is 267 g/mol. The average molecular weight is 267 g/mol. The van der Waals surface area contributed by atoms with Crippen molar-refractivity contribution in [1.82, 2.24) is 5.32 Å². The number of azide groups is 1. The third kappa shape index (κ3) is 4.73. The van der Waals surface area contributed by atoms with Crippen LogP contribution in [0.3, 0.4) is 0 Å². The Morgan fingerprint density at radius 1 is 1.58 bits per heavy atom. The molecule has 0 aromatic rings. The van der Waals surface area contributed by atoms with Crippen molar-refractivity contribution in [2.24, 2.45) is 22.7 Å². The molecule has 0 spiro atoms. The first-order chi connectivity index (χ1) is 9.03. The van der Waals surface area contributed by atoms with Crippen LogP contribution in [0.25, 0.3) is 10.4 Å². The van der Waals surface area contributed by atoms with E-state index in [0.717, 1.165) is 32.1 Å². The molecule has 1 aliphatic carbocycles. The Bertz CT molecular complexity index is 347. The molecule has 108 valence electrons. The number of nitrogens with one attached hydrogen (secondary N) is 1. The van der Waals surface area contributed by atoms with Crippen LogP contribution >= 0.6 is 0 Å². The molecule has 6 nitrogen and oxygen atoms in total. The van der Waals surface area contributed by atoms with Crippen molar-refractivity contribution in [2.45, 2.75) is 51.5 Å². The van der Waals surface area contributed by atoms with Gasteiger partial charge in [-0.1, -0.05) is 19.0 Å². The molecule has 1 aliphatic rings. The van der Waals surface area contributed by atoms with Crippen molar-refractivity contribution < 1.29 is 4.79 Å². The second-order valence-corrected chi connectivity index (χ2v) is 5.78. The third-order valence-electron chi connectivity index (χ3n) is 3.77. The predicted molar refractivity (Wildman–Crippen MR) is 75.4 cm³/mol. The molecule has 0 radical (unpaired) electrons. The quantitative estimate of drug-likeness (QED) is 0.274. The van der Waals surface area contributed by atoms with Crippen LogP contribution in [0.5, 0.6) is 0 Å². The highest BCUT2D eigenvalue weighted by atomic mass is 16.1. The highest BCUT2D eigenvalue weighted by Crippen LogP contribution is 2.42. The summed E-state index contributed by atoms with van der Waals surface area (Å²) in [5.74, 6) is 0.699. The molecule has 0 heterocycles. The molecule has 1 saturated carbocycles. The van der Waals surface area contributed by atoms with E-state index in [1.807, 2.05) is 0 Å². The van der Waals surface area contributed by atoms with E-state index in [1.54, 1.807) is 0 Å². The molecule has 19 heavy (non-hydrogen) atoms. The van der Waals surface area contributed by atoms with Gasteiger partial charge < -0.3 is 11.1 Å². The van der Waals surface area contributed by atoms with Gasteiger partial charge in [-0.25, -0.2) is 0 Å². The minimum absolute atomic E-state index is 0.237. The van der Waals surface area contributed by atoms with E-state index >= 15 is 0 Å². The molecule has 1 rings (SSSR count). The van der Waals surface area contributed by atoms with E-state index in [2.05, 4.69) is 29.2 Å². The first-order valence-electron chi connectivity index (χ1n) is 7.08. The molecule has 3 N–H and O–H groups in total. The van der Waals surface area contributed by atoms with Gasteiger partial charge in [0, 0.05) is 11.5 Å². The number of carbonyl (C=O) groups is 1. The second kappa shape index (κ2) is 7.36. The number of carbonyl (C=O) groups excluding carboxylic acids is 1.